The summed E-state index contributed by atoms with van der Waals surface area (Å²) < 4.78 is 0.867. The Hall–Kier alpha value is -4.04. The van der Waals surface area contributed by atoms with Crippen molar-refractivity contribution in [2.24, 2.45) is 0 Å². The molecule has 0 aliphatic carbocycles. The number of amides is 2. The average molecular weight is 488 g/mol. The van der Waals surface area contributed by atoms with Crippen LogP contribution in [0.15, 0.2) is 83.3 Å². The van der Waals surface area contributed by atoms with Gasteiger partial charge in [0.15, 0.2) is 0 Å². The van der Waals surface area contributed by atoms with Gasteiger partial charge in [0.1, 0.15) is 5.69 Å². The second kappa shape index (κ2) is 7.58. The van der Waals surface area contributed by atoms with Crippen LogP contribution in [0.5, 0.6) is 0 Å². The van der Waals surface area contributed by atoms with E-state index in [1.165, 1.54) is 6.07 Å². The third-order valence-corrected chi connectivity index (χ3v) is 5.86. The molecule has 1 N–H and O–H groups in total. The van der Waals surface area contributed by atoms with Crippen LogP contribution in [0.4, 0.5) is 22.7 Å². The molecule has 32 heavy (non-hydrogen) atoms. The first-order chi connectivity index (χ1) is 15.5. The number of rotatable bonds is 4. The molecule has 8 heteroatoms. The highest BCUT2D eigenvalue weighted by atomic mass is 79.9. The summed E-state index contributed by atoms with van der Waals surface area (Å²) in [7, 11) is 0. The van der Waals surface area contributed by atoms with E-state index in [-0.39, 0.29) is 16.9 Å². The molecule has 0 atom stereocenters. The third-order valence-electron chi connectivity index (χ3n) is 5.33. The van der Waals surface area contributed by atoms with E-state index in [2.05, 4.69) is 21.2 Å². The van der Waals surface area contributed by atoms with E-state index in [4.69, 9.17) is 0 Å². The van der Waals surface area contributed by atoms with Crippen molar-refractivity contribution in [1.82, 2.24) is 0 Å². The van der Waals surface area contributed by atoms with E-state index < -0.39 is 16.7 Å². The van der Waals surface area contributed by atoms with Gasteiger partial charge in [-0.25, -0.2) is 4.90 Å². The quantitative estimate of drug-likeness (QED) is 0.214. The van der Waals surface area contributed by atoms with Crippen LogP contribution >= 0.6 is 15.9 Å². The molecule has 0 radical (unpaired) electrons. The van der Waals surface area contributed by atoms with Gasteiger partial charge < -0.3 is 5.32 Å². The van der Waals surface area contributed by atoms with E-state index in [1.54, 1.807) is 60.7 Å². The fourth-order valence-electron chi connectivity index (χ4n) is 3.91. The van der Waals surface area contributed by atoms with Crippen LogP contribution < -0.4 is 10.2 Å². The van der Waals surface area contributed by atoms with Crippen LogP contribution in [-0.4, -0.2) is 16.7 Å². The summed E-state index contributed by atoms with van der Waals surface area (Å²) in [5, 5.41) is 15.9. The standard InChI is InChI=1S/C24H14BrN3O4/c25-14-9-11-15(12-10-14)26-22-17-7-4-8-18-21(17)19(13-20(22)28(31)32)24(30)27(23(18)29)16-5-2-1-3-6-16/h1-13,26H. The molecule has 0 fully saturated rings. The second-order valence-electron chi connectivity index (χ2n) is 7.22. The summed E-state index contributed by atoms with van der Waals surface area (Å²) in [6, 6.07) is 21.9. The van der Waals surface area contributed by atoms with Crippen LogP contribution in [0.1, 0.15) is 20.7 Å². The molecule has 2 amide bonds. The fourth-order valence-corrected chi connectivity index (χ4v) is 4.18. The molecular formula is C24H14BrN3O4. The smallest absolute Gasteiger partial charge is 0.294 e. The number of imide groups is 1. The molecule has 0 aromatic heterocycles. The molecule has 0 spiro atoms. The number of nitro benzene ring substituents is 1. The average Bonchev–Trinajstić information content (AvgIpc) is 2.80. The highest BCUT2D eigenvalue weighted by Gasteiger charge is 2.37. The van der Waals surface area contributed by atoms with Crippen molar-refractivity contribution >= 4 is 61.3 Å². The summed E-state index contributed by atoms with van der Waals surface area (Å²) in [5.74, 6) is -1.06. The van der Waals surface area contributed by atoms with Gasteiger partial charge in [0.2, 0.25) is 0 Å². The normalized spacial score (nSPS) is 12.8. The van der Waals surface area contributed by atoms with Crippen molar-refractivity contribution < 1.29 is 14.5 Å². The van der Waals surface area contributed by atoms with Crippen LogP contribution in [-0.2, 0) is 0 Å². The highest BCUT2D eigenvalue weighted by molar-refractivity contribution is 9.10. The van der Waals surface area contributed by atoms with Crippen molar-refractivity contribution in [2.75, 3.05) is 10.2 Å². The topological polar surface area (TPSA) is 92.5 Å². The number of carbonyl (C=O) groups excluding carboxylic acids is 2. The van der Waals surface area contributed by atoms with Crippen LogP contribution in [0, 0.1) is 10.1 Å². The number of nitrogens with zero attached hydrogens (tertiary/aromatic N) is 2. The Bertz CT molecular complexity index is 1420. The maximum absolute atomic E-state index is 13.4. The van der Waals surface area contributed by atoms with Gasteiger partial charge >= 0.3 is 0 Å². The number of hydrogen-bond donors (Lipinski definition) is 1. The van der Waals surface area contributed by atoms with Gasteiger partial charge in [0.25, 0.3) is 17.5 Å². The van der Waals surface area contributed by atoms with Crippen molar-refractivity contribution in [3.8, 4) is 0 Å². The molecule has 1 heterocycles. The molecule has 156 valence electrons. The Morgan fingerprint density at radius 1 is 0.844 bits per heavy atom. The Morgan fingerprint density at radius 2 is 1.53 bits per heavy atom. The van der Waals surface area contributed by atoms with E-state index in [0.717, 1.165) is 9.37 Å². The van der Waals surface area contributed by atoms with Crippen molar-refractivity contribution in [3.05, 3.63) is 105 Å². The first-order valence-corrected chi connectivity index (χ1v) is 10.5. The molecule has 0 unspecified atom stereocenters. The predicted molar refractivity (Wildman–Crippen MR) is 126 cm³/mol. The lowest BCUT2D eigenvalue weighted by molar-refractivity contribution is -0.383. The number of benzene rings is 4. The lowest BCUT2D eigenvalue weighted by Crippen LogP contribution is -2.40. The Kier molecular flexibility index (Phi) is 4.71. The zero-order chi connectivity index (χ0) is 22.4. The second-order valence-corrected chi connectivity index (χ2v) is 8.13. The van der Waals surface area contributed by atoms with Crippen LogP contribution in [0.2, 0.25) is 0 Å². The van der Waals surface area contributed by atoms with Gasteiger partial charge in [-0.15, -0.1) is 0 Å². The minimum absolute atomic E-state index is 0.118. The molecule has 1 aliphatic heterocycles. The van der Waals surface area contributed by atoms with E-state index in [0.29, 0.717) is 27.7 Å². The van der Waals surface area contributed by atoms with E-state index >= 15 is 0 Å². The lowest BCUT2D eigenvalue weighted by atomic mass is 9.91. The lowest BCUT2D eigenvalue weighted by Gasteiger charge is -2.27. The molecule has 1 aliphatic rings. The van der Waals surface area contributed by atoms with Crippen molar-refractivity contribution in [3.63, 3.8) is 0 Å². The number of hydrogen-bond acceptors (Lipinski definition) is 5. The van der Waals surface area contributed by atoms with Gasteiger partial charge in [-0.05, 0) is 42.5 Å². The van der Waals surface area contributed by atoms with Crippen LogP contribution in [0.25, 0.3) is 10.8 Å². The molecule has 4 aromatic carbocycles. The monoisotopic (exact) mass is 487 g/mol. The molecule has 0 bridgehead atoms. The van der Waals surface area contributed by atoms with Gasteiger partial charge in [-0.1, -0.05) is 46.3 Å². The molecule has 5 rings (SSSR count). The van der Waals surface area contributed by atoms with Crippen LogP contribution in [0.3, 0.4) is 0 Å². The first kappa shape index (κ1) is 19.9. The summed E-state index contributed by atoms with van der Waals surface area (Å²) in [6.07, 6.45) is 0. The van der Waals surface area contributed by atoms with E-state index in [9.17, 15) is 19.7 Å². The minimum Gasteiger partial charge on any atom is -0.349 e. The summed E-state index contributed by atoms with van der Waals surface area (Å²) >= 11 is 3.37. The minimum atomic E-state index is -0.594. The Morgan fingerprint density at radius 3 is 2.22 bits per heavy atom. The molecular weight excluding hydrogens is 474 g/mol. The maximum Gasteiger partial charge on any atom is 0.294 e. The number of anilines is 3. The van der Waals surface area contributed by atoms with Crippen molar-refractivity contribution in [2.45, 2.75) is 0 Å². The predicted octanol–water partition coefficient (Wildman–Crippen LogP) is 6.05. The molecule has 4 aromatic rings. The van der Waals surface area contributed by atoms with Gasteiger partial charge in [-0.2, -0.15) is 0 Å². The van der Waals surface area contributed by atoms with Crippen molar-refractivity contribution in [1.29, 1.82) is 0 Å². The fraction of sp³-hybridized carbons (Fsp3) is 0. The number of halogens is 1. The number of para-hydroxylation sites is 1. The number of nitro groups is 1. The SMILES string of the molecule is O=C1c2cccc3c(Nc4ccc(Br)cc4)c([N+](=O)[O-])cc(c23)C(=O)N1c1ccccc1. The Balaban J connectivity index is 1.76. The van der Waals surface area contributed by atoms with Gasteiger partial charge in [0, 0.05) is 32.6 Å². The third kappa shape index (κ3) is 3.12. The zero-order valence-electron chi connectivity index (χ0n) is 16.4. The highest BCUT2D eigenvalue weighted by Crippen LogP contribution is 2.42. The number of carbonyl (C=O) groups is 2. The largest absolute Gasteiger partial charge is 0.349 e. The zero-order valence-corrected chi connectivity index (χ0v) is 18.0. The summed E-state index contributed by atoms with van der Waals surface area (Å²) in [6.45, 7) is 0. The first-order valence-electron chi connectivity index (χ1n) is 9.66. The maximum atomic E-state index is 13.4. The summed E-state index contributed by atoms with van der Waals surface area (Å²) in [4.78, 5) is 39.1. The molecule has 0 saturated carbocycles. The van der Waals surface area contributed by atoms with Gasteiger partial charge in [0.05, 0.1) is 16.2 Å². The summed E-state index contributed by atoms with van der Waals surface area (Å²) in [5.41, 5.74) is 1.46. The molecule has 7 nitrogen and oxygen atoms in total. The van der Waals surface area contributed by atoms with Gasteiger partial charge in [-0.3, -0.25) is 19.7 Å². The Labute approximate surface area is 190 Å². The van der Waals surface area contributed by atoms with E-state index in [1.807, 2.05) is 12.1 Å². The number of nitrogens with one attached hydrogen (secondary N) is 1. The molecule has 0 saturated heterocycles.